The molecule has 0 heterocycles. The van der Waals surface area contributed by atoms with Gasteiger partial charge in [-0.1, -0.05) is 25.4 Å². The van der Waals surface area contributed by atoms with Gasteiger partial charge in [-0.3, -0.25) is 0 Å². The third-order valence-electron chi connectivity index (χ3n) is 2.36. The Kier molecular flexibility index (Phi) is 4.92. The Morgan fingerprint density at radius 1 is 1.40 bits per heavy atom. The van der Waals surface area contributed by atoms with E-state index in [1.165, 1.54) is 0 Å². The van der Waals surface area contributed by atoms with Crippen molar-refractivity contribution in [2.45, 2.75) is 32.8 Å². The minimum absolute atomic E-state index is 0.0439. The number of aryl methyl sites for hydroxylation is 1. The second kappa shape index (κ2) is 5.99. The lowest BCUT2D eigenvalue weighted by Gasteiger charge is -2.17. The molecular weight excluding hydrogens is 212 g/mol. The van der Waals surface area contributed by atoms with Crippen LogP contribution in [0.5, 0.6) is 5.75 Å². The number of ether oxygens (including phenoxy) is 1. The topological polar surface area (TPSA) is 29.5 Å². The van der Waals surface area contributed by atoms with Gasteiger partial charge in [0.05, 0.1) is 6.61 Å². The first-order chi connectivity index (χ1) is 7.21. The van der Waals surface area contributed by atoms with Crippen LogP contribution in [0.2, 0.25) is 5.02 Å². The molecule has 0 aliphatic rings. The Labute approximate surface area is 95.8 Å². The van der Waals surface area contributed by atoms with Crippen LogP contribution in [0.15, 0.2) is 18.2 Å². The number of halogens is 1. The zero-order valence-corrected chi connectivity index (χ0v) is 9.92. The zero-order chi connectivity index (χ0) is 11.3. The Bertz CT molecular complexity index is 308. The van der Waals surface area contributed by atoms with E-state index in [9.17, 15) is 0 Å². The summed E-state index contributed by atoms with van der Waals surface area (Å²) in [5.74, 6) is 0.822. The van der Waals surface area contributed by atoms with Gasteiger partial charge in [-0.2, -0.15) is 0 Å². The van der Waals surface area contributed by atoms with Crippen molar-refractivity contribution in [2.75, 3.05) is 6.61 Å². The van der Waals surface area contributed by atoms with Crippen molar-refractivity contribution in [3.63, 3.8) is 0 Å². The summed E-state index contributed by atoms with van der Waals surface area (Å²) in [5.41, 5.74) is 1.08. The number of hydrogen-bond donors (Lipinski definition) is 1. The maximum atomic E-state index is 9.05. The van der Waals surface area contributed by atoms with E-state index in [-0.39, 0.29) is 12.7 Å². The summed E-state index contributed by atoms with van der Waals surface area (Å²) >= 11 is 5.89. The maximum Gasteiger partial charge on any atom is 0.123 e. The Morgan fingerprint density at radius 3 is 2.67 bits per heavy atom. The van der Waals surface area contributed by atoms with E-state index in [0.29, 0.717) is 0 Å². The van der Waals surface area contributed by atoms with Crippen molar-refractivity contribution in [1.29, 1.82) is 0 Å². The van der Waals surface area contributed by atoms with Crippen molar-refractivity contribution in [1.82, 2.24) is 0 Å². The van der Waals surface area contributed by atoms with Crippen LogP contribution >= 0.6 is 11.6 Å². The predicted octanol–water partition coefficient (Wildman–Crippen LogP) is 3.05. The third kappa shape index (κ3) is 3.40. The predicted molar refractivity (Wildman–Crippen MR) is 62.6 cm³/mol. The van der Waals surface area contributed by atoms with Gasteiger partial charge in [0, 0.05) is 5.02 Å². The summed E-state index contributed by atoms with van der Waals surface area (Å²) in [5, 5.41) is 9.77. The van der Waals surface area contributed by atoms with Gasteiger partial charge in [-0.15, -0.1) is 0 Å². The minimum Gasteiger partial charge on any atom is -0.488 e. The first-order valence-corrected chi connectivity index (χ1v) is 5.65. The van der Waals surface area contributed by atoms with Gasteiger partial charge in [-0.25, -0.2) is 0 Å². The van der Waals surface area contributed by atoms with E-state index >= 15 is 0 Å². The minimum atomic E-state index is -0.128. The molecule has 1 aromatic rings. The molecule has 0 bridgehead atoms. The summed E-state index contributed by atoms with van der Waals surface area (Å²) in [6, 6.07) is 5.57. The number of aliphatic hydroxyl groups is 1. The van der Waals surface area contributed by atoms with Crippen LogP contribution in [0.1, 0.15) is 25.8 Å². The van der Waals surface area contributed by atoms with E-state index in [2.05, 4.69) is 6.92 Å². The van der Waals surface area contributed by atoms with Crippen molar-refractivity contribution in [3.8, 4) is 5.75 Å². The Morgan fingerprint density at radius 2 is 2.13 bits per heavy atom. The molecule has 1 atom stereocenters. The number of benzene rings is 1. The van der Waals surface area contributed by atoms with Gasteiger partial charge in [0.2, 0.25) is 0 Å². The van der Waals surface area contributed by atoms with Gasteiger partial charge < -0.3 is 9.84 Å². The molecule has 2 nitrogen and oxygen atoms in total. The summed E-state index contributed by atoms with van der Waals surface area (Å²) in [4.78, 5) is 0. The average Bonchev–Trinajstić information content (AvgIpc) is 2.27. The number of rotatable bonds is 5. The third-order valence-corrected chi connectivity index (χ3v) is 2.59. The Hall–Kier alpha value is -0.730. The molecule has 0 saturated heterocycles. The van der Waals surface area contributed by atoms with Crippen molar-refractivity contribution < 1.29 is 9.84 Å². The maximum absolute atomic E-state index is 9.05. The first-order valence-electron chi connectivity index (χ1n) is 5.27. The molecule has 3 heteroatoms. The van der Waals surface area contributed by atoms with Gasteiger partial charge in [-0.05, 0) is 36.6 Å². The van der Waals surface area contributed by atoms with Crippen LogP contribution in [-0.2, 0) is 6.42 Å². The molecule has 0 aliphatic carbocycles. The van der Waals surface area contributed by atoms with Crippen molar-refractivity contribution >= 4 is 11.6 Å². The molecule has 0 spiro atoms. The van der Waals surface area contributed by atoms with Crippen LogP contribution in [0.25, 0.3) is 0 Å². The fourth-order valence-electron chi connectivity index (χ4n) is 1.37. The normalized spacial score (nSPS) is 12.5. The molecule has 1 aromatic carbocycles. The smallest absolute Gasteiger partial charge is 0.123 e. The van der Waals surface area contributed by atoms with Crippen LogP contribution in [-0.4, -0.2) is 17.8 Å². The highest BCUT2D eigenvalue weighted by atomic mass is 35.5. The van der Waals surface area contributed by atoms with Crippen molar-refractivity contribution in [2.24, 2.45) is 0 Å². The zero-order valence-electron chi connectivity index (χ0n) is 9.16. The molecule has 0 radical (unpaired) electrons. The van der Waals surface area contributed by atoms with Gasteiger partial charge in [0.15, 0.2) is 0 Å². The van der Waals surface area contributed by atoms with Crippen LogP contribution < -0.4 is 4.74 Å². The van der Waals surface area contributed by atoms with E-state index in [1.54, 1.807) is 6.07 Å². The quantitative estimate of drug-likeness (QED) is 0.840. The molecule has 1 rings (SSSR count). The highest BCUT2D eigenvalue weighted by Gasteiger charge is 2.09. The van der Waals surface area contributed by atoms with Crippen LogP contribution in [0.4, 0.5) is 0 Å². The van der Waals surface area contributed by atoms with Crippen LogP contribution in [0.3, 0.4) is 0 Å². The van der Waals surface area contributed by atoms with Crippen LogP contribution in [0, 0.1) is 0 Å². The fourth-order valence-corrected chi connectivity index (χ4v) is 1.56. The number of hydrogen-bond acceptors (Lipinski definition) is 2. The van der Waals surface area contributed by atoms with Gasteiger partial charge in [0.1, 0.15) is 11.9 Å². The molecule has 1 N–H and O–H groups in total. The second-order valence-electron chi connectivity index (χ2n) is 3.44. The lowest BCUT2D eigenvalue weighted by Crippen LogP contribution is -2.20. The molecule has 0 amide bonds. The van der Waals surface area contributed by atoms with E-state index in [0.717, 1.165) is 29.2 Å². The Balaban J connectivity index is 2.83. The van der Waals surface area contributed by atoms with E-state index < -0.39 is 0 Å². The summed E-state index contributed by atoms with van der Waals surface area (Å²) in [7, 11) is 0. The van der Waals surface area contributed by atoms with Gasteiger partial charge in [0.25, 0.3) is 0 Å². The second-order valence-corrected chi connectivity index (χ2v) is 3.87. The molecule has 15 heavy (non-hydrogen) atoms. The monoisotopic (exact) mass is 228 g/mol. The van der Waals surface area contributed by atoms with Crippen molar-refractivity contribution in [3.05, 3.63) is 28.8 Å². The highest BCUT2D eigenvalue weighted by molar-refractivity contribution is 6.30. The lowest BCUT2D eigenvalue weighted by molar-refractivity contribution is 0.112. The number of aliphatic hydroxyl groups excluding tert-OH is 1. The summed E-state index contributed by atoms with van der Waals surface area (Å²) in [6.45, 7) is 4.09. The lowest BCUT2D eigenvalue weighted by atomic mass is 10.1. The highest BCUT2D eigenvalue weighted by Crippen LogP contribution is 2.24. The molecule has 0 saturated carbocycles. The molecular formula is C12H17ClO2. The molecule has 0 fully saturated rings. The standard InChI is InChI=1S/C12H17ClO2/c1-3-9-7-10(13)5-6-12(9)15-11(4-2)8-14/h5-7,11,14H,3-4,8H2,1-2H3. The summed E-state index contributed by atoms with van der Waals surface area (Å²) in [6.07, 6.45) is 1.54. The largest absolute Gasteiger partial charge is 0.488 e. The molecule has 0 aromatic heterocycles. The molecule has 0 aliphatic heterocycles. The fraction of sp³-hybridized carbons (Fsp3) is 0.500. The van der Waals surface area contributed by atoms with Gasteiger partial charge >= 0.3 is 0 Å². The van der Waals surface area contributed by atoms with E-state index in [4.69, 9.17) is 21.4 Å². The summed E-state index contributed by atoms with van der Waals surface area (Å²) < 4.78 is 5.68. The molecule has 84 valence electrons. The van der Waals surface area contributed by atoms with E-state index in [1.807, 2.05) is 19.1 Å². The molecule has 1 unspecified atom stereocenters. The SMILES string of the molecule is CCc1cc(Cl)ccc1OC(CC)CO. The average molecular weight is 229 g/mol. The first kappa shape index (κ1) is 12.3.